The molecule has 7 nitrogen and oxygen atoms in total. The summed E-state index contributed by atoms with van der Waals surface area (Å²) in [5.74, 6) is -0.849. The molecule has 0 spiro atoms. The molecule has 0 saturated carbocycles. The smallest absolute Gasteiger partial charge is 0.305 e. The number of unbranched alkanes of at least 4 members (excludes halogenated alkanes) is 1. The molecule has 51 heavy (non-hydrogen) atoms. The highest BCUT2D eigenvalue weighted by molar-refractivity contribution is 7.90. The second kappa shape index (κ2) is 29.9. The fraction of sp³-hybridized carbons (Fsp3) is 0.651. The summed E-state index contributed by atoms with van der Waals surface area (Å²) in [6, 6.07) is 9.33. The van der Waals surface area contributed by atoms with Crippen molar-refractivity contribution in [1.29, 1.82) is 0 Å². The van der Waals surface area contributed by atoms with E-state index in [1.54, 1.807) is 0 Å². The van der Waals surface area contributed by atoms with Crippen molar-refractivity contribution in [3.8, 4) is 0 Å². The molecule has 1 fully saturated rings. The number of carbonyl (C=O) groups is 1. The van der Waals surface area contributed by atoms with E-state index in [9.17, 15) is 4.79 Å². The molecule has 1 aromatic rings. The molecule has 1 aliphatic heterocycles. The van der Waals surface area contributed by atoms with E-state index in [0.29, 0.717) is 25.9 Å². The third-order valence-electron chi connectivity index (χ3n) is 8.04. The van der Waals surface area contributed by atoms with Gasteiger partial charge in [0.15, 0.2) is 0 Å². The number of allylic oxidation sites excluding steroid dienone is 4. The number of rotatable bonds is 21. The van der Waals surface area contributed by atoms with Crippen LogP contribution in [-0.4, -0.2) is 55.0 Å². The molecule has 8 heteroatoms. The van der Waals surface area contributed by atoms with Gasteiger partial charge in [-0.2, -0.15) is 0 Å². The lowest BCUT2D eigenvalue weighted by atomic mass is 9.90. The molecule has 0 amide bonds. The van der Waals surface area contributed by atoms with Crippen LogP contribution >= 0.6 is 12.6 Å². The Morgan fingerprint density at radius 3 is 2.14 bits per heavy atom. The van der Waals surface area contributed by atoms with Crippen molar-refractivity contribution in [1.82, 2.24) is 10.2 Å². The average Bonchev–Trinajstić information content (AvgIpc) is 3.57. The summed E-state index contributed by atoms with van der Waals surface area (Å²) in [4.78, 5) is 13.8. The Hall–Kier alpha value is -2.68. The largest absolute Gasteiger partial charge is 0.481 e. The van der Waals surface area contributed by atoms with E-state index in [4.69, 9.17) is 32.9 Å². The molecule has 4 N–H and O–H groups in total. The number of thiol groups is 1. The first-order valence-electron chi connectivity index (χ1n) is 19.0. The summed E-state index contributed by atoms with van der Waals surface area (Å²) in [6.07, 6.45) is 14.1. The van der Waals surface area contributed by atoms with Gasteiger partial charge in [-0.05, 0) is 68.4 Å². The van der Waals surface area contributed by atoms with Crippen LogP contribution in [0, 0.1) is 5.41 Å². The number of aliphatic carboxylic acids is 1. The van der Waals surface area contributed by atoms with Crippen LogP contribution in [0.5, 0.6) is 0 Å². The lowest BCUT2D eigenvalue weighted by Crippen LogP contribution is -2.36. The third kappa shape index (κ3) is 23.5. The van der Waals surface area contributed by atoms with Crippen LogP contribution in [0.1, 0.15) is 145 Å². The maximum Gasteiger partial charge on any atom is 0.305 e. The van der Waals surface area contributed by atoms with Crippen LogP contribution in [0.3, 0.4) is 0 Å². The Bertz CT molecular complexity index is 1170. The number of hydrogen-bond acceptors (Lipinski definition) is 7. The summed E-state index contributed by atoms with van der Waals surface area (Å²) >= 11 is 4.79. The Balaban J connectivity index is 0. The maximum atomic E-state index is 10.1. The van der Waals surface area contributed by atoms with Crippen molar-refractivity contribution in [2.45, 2.75) is 147 Å². The number of benzene rings is 1. The number of likely N-dealkylation sites (tertiary alicyclic amines) is 1. The highest BCUT2D eigenvalue weighted by atomic mass is 32.1. The molecule has 1 unspecified atom stereocenters. The zero-order chi connectivity index (χ0) is 38.0. The third-order valence-corrected chi connectivity index (χ3v) is 8.68. The molecule has 1 aromatic carbocycles. The number of ether oxygens (including phenoxy) is 2. The fourth-order valence-corrected chi connectivity index (χ4v) is 5.82. The van der Waals surface area contributed by atoms with Gasteiger partial charge in [0.25, 0.3) is 0 Å². The summed E-state index contributed by atoms with van der Waals surface area (Å²) in [7, 11) is 0. The van der Waals surface area contributed by atoms with Crippen molar-refractivity contribution in [3.63, 3.8) is 0 Å². The van der Waals surface area contributed by atoms with Crippen molar-refractivity contribution in [2.24, 2.45) is 11.1 Å². The van der Waals surface area contributed by atoms with E-state index in [1.165, 1.54) is 53.8 Å². The minimum atomic E-state index is -0.849. The van der Waals surface area contributed by atoms with Gasteiger partial charge in [0, 0.05) is 41.5 Å². The molecule has 1 heterocycles. The number of carboxylic acids is 1. The van der Waals surface area contributed by atoms with Crippen molar-refractivity contribution < 1.29 is 19.4 Å². The topological polar surface area (TPSA) is 97.0 Å². The molecule has 0 bridgehead atoms. The first-order chi connectivity index (χ1) is 23.8. The zero-order valence-electron chi connectivity index (χ0n) is 33.2. The normalized spacial score (nSPS) is 15.1. The minimum absolute atomic E-state index is 0. The summed E-state index contributed by atoms with van der Waals surface area (Å²) in [6.45, 7) is 27.7. The van der Waals surface area contributed by atoms with Gasteiger partial charge in [-0.1, -0.05) is 118 Å². The van der Waals surface area contributed by atoms with E-state index < -0.39 is 5.97 Å². The van der Waals surface area contributed by atoms with Crippen molar-refractivity contribution >= 4 is 23.5 Å². The van der Waals surface area contributed by atoms with Gasteiger partial charge in [0.05, 0.1) is 38.9 Å². The monoisotopic (exact) mass is 732 g/mol. The maximum absolute atomic E-state index is 10.1. The van der Waals surface area contributed by atoms with E-state index in [2.05, 4.69) is 88.7 Å². The Morgan fingerprint density at radius 1 is 1.02 bits per heavy atom. The number of nitrogens with two attached hydrogens (primary N) is 1. The van der Waals surface area contributed by atoms with Gasteiger partial charge in [0.2, 0.25) is 0 Å². The molecule has 1 atom stereocenters. The van der Waals surface area contributed by atoms with Crippen LogP contribution in [-0.2, 0) is 20.8 Å². The standard InChI is InChI=1S/C29H46N2S.C11H21NO4.C2H6.CH4/c1-8-10-13-22(3)28(32)25-17-15-24(16-18-25)21-30-26(12-9-2)27-14-11-19-31(27)23(4)20-29(5,6)7;1-2-3-10(12)4-6-15-8-9-16-7-5-11(13)14;1-2;/h12,15-18,27,30,32H,4,8-11,13-14,19-21H2,1-3,5-7H3;3H,2,4-9,12H2,1H3,(H,13,14);1-2H3;1H4/b26-12+,28-22-;10-3+;;. The summed E-state index contributed by atoms with van der Waals surface area (Å²) in [5, 5.41) is 12.1. The second-order valence-corrected chi connectivity index (χ2v) is 14.3. The van der Waals surface area contributed by atoms with Gasteiger partial charge in [-0.15, -0.1) is 12.6 Å². The molecule has 294 valence electrons. The first kappa shape index (κ1) is 50.4. The van der Waals surface area contributed by atoms with Gasteiger partial charge in [-0.3, -0.25) is 4.79 Å². The molecule has 1 saturated heterocycles. The van der Waals surface area contributed by atoms with Crippen LogP contribution in [0.25, 0.3) is 4.91 Å². The van der Waals surface area contributed by atoms with E-state index in [-0.39, 0.29) is 25.9 Å². The number of nitrogens with zero attached hydrogens (tertiary/aromatic N) is 1. The fourth-order valence-electron chi connectivity index (χ4n) is 5.56. The molecule has 0 radical (unpaired) electrons. The van der Waals surface area contributed by atoms with E-state index in [1.807, 2.05) is 26.8 Å². The highest BCUT2D eigenvalue weighted by Gasteiger charge is 2.30. The Kier molecular flexibility index (Phi) is 29.5. The van der Waals surface area contributed by atoms with Crippen LogP contribution in [0.2, 0.25) is 0 Å². The molecule has 0 aromatic heterocycles. The molecule has 0 aliphatic carbocycles. The predicted molar refractivity (Wildman–Crippen MR) is 225 cm³/mol. The Labute approximate surface area is 319 Å². The molecular formula is C43H77N3O4S. The first-order valence-corrected chi connectivity index (χ1v) is 19.5. The van der Waals surface area contributed by atoms with Crippen LogP contribution < -0.4 is 11.1 Å². The van der Waals surface area contributed by atoms with Crippen LogP contribution in [0.4, 0.5) is 0 Å². The lowest BCUT2D eigenvalue weighted by Gasteiger charge is -2.34. The second-order valence-electron chi connectivity index (χ2n) is 13.8. The average molecular weight is 732 g/mol. The summed E-state index contributed by atoms with van der Waals surface area (Å²) in [5.41, 5.74) is 13.3. The Morgan fingerprint density at radius 2 is 1.61 bits per heavy atom. The SMILES string of the molecule is C.C=C(CC(C)(C)C)N1CCCC1/C(=C\CC)NCc1ccc(/C(S)=C(\C)CCCC)cc1.CC.CC/C=C(/N)CCOCCOCCC(=O)O. The number of hydrogen-bond donors (Lipinski definition) is 4. The van der Waals surface area contributed by atoms with Crippen molar-refractivity contribution in [3.05, 3.63) is 76.8 Å². The number of carboxylic acid groups (broad SMARTS) is 1. The zero-order valence-corrected chi connectivity index (χ0v) is 34.1. The molecule has 1 aliphatic rings. The van der Waals surface area contributed by atoms with Gasteiger partial charge in [0.1, 0.15) is 0 Å². The quantitative estimate of drug-likeness (QED) is 0.0738. The number of nitrogens with one attached hydrogen (secondary N) is 1. The van der Waals surface area contributed by atoms with E-state index in [0.717, 1.165) is 55.8 Å². The minimum Gasteiger partial charge on any atom is -0.481 e. The van der Waals surface area contributed by atoms with Gasteiger partial charge >= 0.3 is 5.97 Å². The lowest BCUT2D eigenvalue weighted by molar-refractivity contribution is -0.138. The van der Waals surface area contributed by atoms with Crippen LogP contribution in [0.15, 0.2) is 65.7 Å². The van der Waals surface area contributed by atoms with Gasteiger partial charge in [-0.25, -0.2) is 0 Å². The molecular weight excluding hydrogens is 655 g/mol. The molecule has 2 rings (SSSR count). The van der Waals surface area contributed by atoms with Crippen molar-refractivity contribution in [2.75, 3.05) is 33.0 Å². The predicted octanol–water partition coefficient (Wildman–Crippen LogP) is 11.1. The summed E-state index contributed by atoms with van der Waals surface area (Å²) < 4.78 is 10.3. The van der Waals surface area contributed by atoms with E-state index >= 15 is 0 Å². The van der Waals surface area contributed by atoms with Gasteiger partial charge < -0.3 is 30.5 Å². The highest BCUT2D eigenvalue weighted by Crippen LogP contribution is 2.32.